The summed E-state index contributed by atoms with van der Waals surface area (Å²) in [4.78, 5) is 52.1. The summed E-state index contributed by atoms with van der Waals surface area (Å²) in [5, 5.41) is 24.0. The van der Waals surface area contributed by atoms with Crippen molar-refractivity contribution in [3.63, 3.8) is 0 Å². The molecule has 1 aromatic heterocycles. The van der Waals surface area contributed by atoms with Crippen LogP contribution in [0.3, 0.4) is 0 Å². The number of nitrogens with one attached hydrogen (secondary N) is 2. The fourth-order valence-electron chi connectivity index (χ4n) is 4.56. The van der Waals surface area contributed by atoms with E-state index in [1.807, 2.05) is 0 Å². The van der Waals surface area contributed by atoms with E-state index in [-0.39, 0.29) is 29.9 Å². The Kier molecular flexibility index (Phi) is 7.97. The van der Waals surface area contributed by atoms with Crippen LogP contribution in [-0.2, 0) is 20.9 Å². The maximum absolute atomic E-state index is 13.3. The highest BCUT2D eigenvalue weighted by Gasteiger charge is 2.28. The highest BCUT2D eigenvalue weighted by molar-refractivity contribution is 5.96. The summed E-state index contributed by atoms with van der Waals surface area (Å²) in [7, 11) is 0. The van der Waals surface area contributed by atoms with Crippen LogP contribution < -0.4 is 16.6 Å². The second-order valence-electron chi connectivity index (χ2n) is 9.25. The molecule has 5 N–H and O–H groups in total. The average Bonchev–Trinajstić information content (AvgIpc) is 2.90. The summed E-state index contributed by atoms with van der Waals surface area (Å²) in [6.45, 7) is 1.31. The van der Waals surface area contributed by atoms with Gasteiger partial charge in [-0.3, -0.25) is 24.6 Å². The Balaban J connectivity index is 1.62. The molecule has 0 unspecified atom stereocenters. The first-order chi connectivity index (χ1) is 17.7. The number of carbonyl (C=O) groups is 3. The number of nitrogens with zero attached hydrogens (tertiary/aromatic N) is 3. The molecule has 2 aliphatic rings. The minimum atomic E-state index is -0.841. The highest BCUT2D eigenvalue weighted by Crippen LogP contribution is 2.25. The van der Waals surface area contributed by atoms with Crippen molar-refractivity contribution in [3.05, 3.63) is 51.8 Å². The number of amides is 2. The van der Waals surface area contributed by atoms with Gasteiger partial charge in [0.1, 0.15) is 17.9 Å². The SMILES string of the molecule is N=C(N)c1ccc(-c2cc(C(=O)NC3CCC(C(=O)O)CC3)c(=O)n(CC(=O)N3CCOCC3)n2)cc1. The molecule has 37 heavy (non-hydrogen) atoms. The number of ether oxygens (including phenoxy) is 1. The Morgan fingerprint density at radius 1 is 1.11 bits per heavy atom. The van der Waals surface area contributed by atoms with Crippen LogP contribution in [0.5, 0.6) is 0 Å². The zero-order valence-electron chi connectivity index (χ0n) is 20.3. The van der Waals surface area contributed by atoms with Crippen LogP contribution in [0.4, 0.5) is 0 Å². The number of nitrogen functional groups attached to an aromatic ring is 1. The molecule has 2 heterocycles. The number of hydrogen-bond donors (Lipinski definition) is 4. The molecule has 2 aromatic rings. The first-order valence-corrected chi connectivity index (χ1v) is 12.2. The van der Waals surface area contributed by atoms with Gasteiger partial charge in [-0.25, -0.2) is 4.68 Å². The number of nitrogens with two attached hydrogens (primary N) is 1. The number of carbonyl (C=O) groups excluding carboxylic acids is 2. The lowest BCUT2D eigenvalue weighted by Gasteiger charge is -2.27. The molecule has 196 valence electrons. The van der Waals surface area contributed by atoms with E-state index in [2.05, 4.69) is 10.4 Å². The normalized spacial score (nSPS) is 19.7. The summed E-state index contributed by atoms with van der Waals surface area (Å²) in [5.74, 6) is -2.27. The lowest BCUT2D eigenvalue weighted by Crippen LogP contribution is -2.45. The number of carboxylic acid groups (broad SMARTS) is 1. The van der Waals surface area contributed by atoms with Gasteiger partial charge in [0.25, 0.3) is 11.5 Å². The van der Waals surface area contributed by atoms with Gasteiger partial charge in [0, 0.05) is 30.3 Å². The van der Waals surface area contributed by atoms with Crippen LogP contribution in [0.1, 0.15) is 41.6 Å². The van der Waals surface area contributed by atoms with Gasteiger partial charge in [0.15, 0.2) is 0 Å². The van der Waals surface area contributed by atoms with E-state index in [9.17, 15) is 24.3 Å². The summed E-state index contributed by atoms with van der Waals surface area (Å²) in [5.41, 5.74) is 6.08. The summed E-state index contributed by atoms with van der Waals surface area (Å²) >= 11 is 0. The Hall–Kier alpha value is -4.06. The van der Waals surface area contributed by atoms with Gasteiger partial charge in [-0.15, -0.1) is 0 Å². The molecule has 1 aromatic carbocycles. The minimum absolute atomic E-state index is 0.0988. The zero-order chi connectivity index (χ0) is 26.5. The Bertz CT molecular complexity index is 1240. The van der Waals surface area contributed by atoms with Crippen LogP contribution in [0.2, 0.25) is 0 Å². The van der Waals surface area contributed by atoms with E-state index >= 15 is 0 Å². The second-order valence-corrected chi connectivity index (χ2v) is 9.25. The van der Waals surface area contributed by atoms with Gasteiger partial charge in [-0.1, -0.05) is 24.3 Å². The second kappa shape index (κ2) is 11.3. The third-order valence-corrected chi connectivity index (χ3v) is 6.77. The first-order valence-electron chi connectivity index (χ1n) is 12.2. The molecule has 0 spiro atoms. The van der Waals surface area contributed by atoms with Crippen molar-refractivity contribution in [3.8, 4) is 11.3 Å². The lowest BCUT2D eigenvalue weighted by molar-refractivity contribution is -0.143. The maximum Gasteiger partial charge on any atom is 0.306 e. The molecular weight excluding hydrogens is 480 g/mol. The van der Waals surface area contributed by atoms with E-state index in [1.165, 1.54) is 6.07 Å². The predicted molar refractivity (Wildman–Crippen MR) is 133 cm³/mol. The molecule has 0 atom stereocenters. The van der Waals surface area contributed by atoms with Crippen LogP contribution in [0.25, 0.3) is 11.3 Å². The summed E-state index contributed by atoms with van der Waals surface area (Å²) in [6.07, 6.45) is 1.89. The largest absolute Gasteiger partial charge is 0.481 e. The molecule has 0 radical (unpaired) electrons. The van der Waals surface area contributed by atoms with Crippen molar-refractivity contribution in [2.24, 2.45) is 11.7 Å². The average molecular weight is 511 g/mol. The Morgan fingerprint density at radius 3 is 2.35 bits per heavy atom. The predicted octanol–water partition coefficient (Wildman–Crippen LogP) is 0.426. The number of amidine groups is 1. The first kappa shape index (κ1) is 26.0. The van der Waals surface area contributed by atoms with Gasteiger partial charge in [0.05, 0.1) is 24.8 Å². The summed E-state index contributed by atoms with van der Waals surface area (Å²) < 4.78 is 6.28. The number of hydrogen-bond acceptors (Lipinski definition) is 7. The van der Waals surface area contributed by atoms with Crippen LogP contribution >= 0.6 is 0 Å². The molecule has 1 aliphatic carbocycles. The summed E-state index contributed by atoms with van der Waals surface area (Å²) in [6, 6.07) is 7.75. The lowest BCUT2D eigenvalue weighted by atomic mass is 9.86. The van der Waals surface area contributed by atoms with Gasteiger partial charge in [-0.2, -0.15) is 5.10 Å². The Labute approximate surface area is 212 Å². The minimum Gasteiger partial charge on any atom is -0.481 e. The molecule has 12 heteroatoms. The van der Waals surface area contributed by atoms with E-state index in [4.69, 9.17) is 15.9 Å². The van der Waals surface area contributed by atoms with Gasteiger partial charge in [-0.05, 0) is 31.7 Å². The number of carboxylic acids is 1. The molecular formula is C25H30N6O6. The van der Waals surface area contributed by atoms with E-state index in [0.29, 0.717) is 68.8 Å². The van der Waals surface area contributed by atoms with Crippen molar-refractivity contribution in [1.29, 1.82) is 5.41 Å². The molecule has 2 amide bonds. The molecule has 12 nitrogen and oxygen atoms in total. The van der Waals surface area contributed by atoms with Gasteiger partial charge < -0.3 is 25.8 Å². The number of benzene rings is 1. The van der Waals surface area contributed by atoms with E-state index in [0.717, 1.165) is 4.68 Å². The number of rotatable bonds is 7. The van der Waals surface area contributed by atoms with E-state index in [1.54, 1.807) is 29.2 Å². The standard InChI is InChI=1S/C25H30N6O6/c26-22(27)16-3-1-15(2-4-16)20-13-19(23(33)28-18-7-5-17(6-8-18)25(35)36)24(34)31(29-20)14-21(32)30-9-11-37-12-10-30/h1-4,13,17-18H,5-12,14H2,(H3,26,27)(H,28,33)(H,35,36). The quantitative estimate of drug-likeness (QED) is 0.305. The van der Waals surface area contributed by atoms with Crippen molar-refractivity contribution >= 4 is 23.6 Å². The number of morpholine rings is 1. The highest BCUT2D eigenvalue weighted by atomic mass is 16.5. The van der Waals surface area contributed by atoms with Gasteiger partial charge >= 0.3 is 5.97 Å². The fourth-order valence-corrected chi connectivity index (χ4v) is 4.56. The smallest absolute Gasteiger partial charge is 0.306 e. The maximum atomic E-state index is 13.3. The third-order valence-electron chi connectivity index (χ3n) is 6.77. The van der Waals surface area contributed by atoms with E-state index < -0.39 is 23.4 Å². The Morgan fingerprint density at radius 2 is 1.76 bits per heavy atom. The van der Waals surface area contributed by atoms with Gasteiger partial charge in [0.2, 0.25) is 5.91 Å². The van der Waals surface area contributed by atoms with Crippen LogP contribution in [0.15, 0.2) is 35.1 Å². The van der Waals surface area contributed by atoms with Crippen molar-refractivity contribution < 1.29 is 24.2 Å². The van der Waals surface area contributed by atoms with Crippen LogP contribution in [-0.4, -0.2) is 75.8 Å². The van der Waals surface area contributed by atoms with Crippen molar-refractivity contribution in [2.75, 3.05) is 26.3 Å². The molecule has 1 aliphatic heterocycles. The topological polar surface area (TPSA) is 181 Å². The third kappa shape index (κ3) is 6.20. The van der Waals surface area contributed by atoms with Crippen molar-refractivity contribution in [1.82, 2.24) is 20.0 Å². The molecule has 2 fully saturated rings. The zero-order valence-corrected chi connectivity index (χ0v) is 20.3. The molecule has 1 saturated heterocycles. The van der Waals surface area contributed by atoms with Crippen molar-refractivity contribution in [2.45, 2.75) is 38.3 Å². The molecule has 1 saturated carbocycles. The van der Waals surface area contributed by atoms with Crippen LogP contribution in [0, 0.1) is 11.3 Å². The number of aliphatic carboxylic acids is 1. The molecule has 4 rings (SSSR count). The fraction of sp³-hybridized carbons (Fsp3) is 0.440. The monoisotopic (exact) mass is 510 g/mol. The molecule has 0 bridgehead atoms. The number of aromatic nitrogens is 2.